The Kier molecular flexibility index (Phi) is 3.75. The molecule has 1 heterocycles. The summed E-state index contributed by atoms with van der Waals surface area (Å²) in [4.78, 5) is 8.67. The van der Waals surface area contributed by atoms with Crippen LogP contribution in [0.2, 0.25) is 0 Å². The van der Waals surface area contributed by atoms with Crippen molar-refractivity contribution in [3.05, 3.63) is 18.2 Å². The van der Waals surface area contributed by atoms with Gasteiger partial charge in [-0.3, -0.25) is 0 Å². The fraction of sp³-hybridized carbons (Fsp3) is 0.692. The minimum Gasteiger partial charge on any atom is -0.396 e. The van der Waals surface area contributed by atoms with Crippen LogP contribution < -0.4 is 5.73 Å². The normalized spacial score (nSPS) is 25.6. The van der Waals surface area contributed by atoms with Gasteiger partial charge in [0.1, 0.15) is 5.82 Å². The standard InChI is InChI=1S/C13H21N3/c1-2-3-10-4-6-11(7-5-10)13-15-8-12(14)9-16-13/h8-11H,2-7,14H2,1H3. The van der Waals surface area contributed by atoms with Crippen LogP contribution >= 0.6 is 0 Å². The first-order valence-corrected chi connectivity index (χ1v) is 6.37. The lowest BCUT2D eigenvalue weighted by Gasteiger charge is -2.27. The summed E-state index contributed by atoms with van der Waals surface area (Å²) in [6.45, 7) is 2.27. The van der Waals surface area contributed by atoms with E-state index in [1.54, 1.807) is 12.4 Å². The van der Waals surface area contributed by atoms with E-state index in [-0.39, 0.29) is 0 Å². The smallest absolute Gasteiger partial charge is 0.131 e. The zero-order chi connectivity index (χ0) is 11.4. The Bertz CT molecular complexity index is 312. The first kappa shape index (κ1) is 11.4. The number of hydrogen-bond donors (Lipinski definition) is 1. The molecule has 16 heavy (non-hydrogen) atoms. The predicted molar refractivity (Wildman–Crippen MR) is 66.1 cm³/mol. The van der Waals surface area contributed by atoms with Gasteiger partial charge in [0.2, 0.25) is 0 Å². The maximum absolute atomic E-state index is 5.59. The molecule has 0 aromatic carbocycles. The molecule has 0 spiro atoms. The number of nitrogen functional groups attached to an aromatic ring is 1. The minimum atomic E-state index is 0.564. The molecule has 2 N–H and O–H groups in total. The van der Waals surface area contributed by atoms with Crippen molar-refractivity contribution in [3.8, 4) is 0 Å². The third-order valence-corrected chi connectivity index (χ3v) is 3.60. The topological polar surface area (TPSA) is 51.8 Å². The van der Waals surface area contributed by atoms with E-state index >= 15 is 0 Å². The van der Waals surface area contributed by atoms with Crippen LogP contribution in [0.5, 0.6) is 0 Å². The van der Waals surface area contributed by atoms with Crippen LogP contribution in [-0.4, -0.2) is 9.97 Å². The van der Waals surface area contributed by atoms with Gasteiger partial charge in [-0.1, -0.05) is 19.8 Å². The number of nitrogens with zero attached hydrogens (tertiary/aromatic N) is 2. The molecule has 3 heteroatoms. The third kappa shape index (κ3) is 2.71. The van der Waals surface area contributed by atoms with Crippen LogP contribution in [0.15, 0.2) is 12.4 Å². The van der Waals surface area contributed by atoms with Crippen molar-refractivity contribution < 1.29 is 0 Å². The van der Waals surface area contributed by atoms with E-state index in [9.17, 15) is 0 Å². The summed E-state index contributed by atoms with van der Waals surface area (Å²) in [5, 5.41) is 0. The Morgan fingerprint density at radius 3 is 2.38 bits per heavy atom. The molecule has 0 saturated heterocycles. The van der Waals surface area contributed by atoms with Crippen molar-refractivity contribution in [2.75, 3.05) is 5.73 Å². The molecule has 0 aliphatic heterocycles. The van der Waals surface area contributed by atoms with Crippen molar-refractivity contribution >= 4 is 5.69 Å². The van der Waals surface area contributed by atoms with Gasteiger partial charge in [0.15, 0.2) is 0 Å². The first-order valence-electron chi connectivity index (χ1n) is 6.37. The molecule has 1 aliphatic rings. The van der Waals surface area contributed by atoms with E-state index in [0.717, 1.165) is 11.7 Å². The van der Waals surface area contributed by atoms with Crippen molar-refractivity contribution in [1.82, 2.24) is 9.97 Å². The Morgan fingerprint density at radius 2 is 1.81 bits per heavy atom. The number of hydrogen-bond acceptors (Lipinski definition) is 3. The number of aromatic nitrogens is 2. The molecule has 1 aromatic heterocycles. The first-order chi connectivity index (χ1) is 7.79. The highest BCUT2D eigenvalue weighted by Gasteiger charge is 2.23. The zero-order valence-corrected chi connectivity index (χ0v) is 10.0. The molecule has 1 fully saturated rings. The van der Waals surface area contributed by atoms with Gasteiger partial charge < -0.3 is 5.73 Å². The lowest BCUT2D eigenvalue weighted by atomic mass is 9.80. The molecule has 1 aromatic rings. The Hall–Kier alpha value is -1.12. The van der Waals surface area contributed by atoms with Crippen LogP contribution in [0.25, 0.3) is 0 Å². The molecule has 2 rings (SSSR count). The molecule has 0 radical (unpaired) electrons. The molecule has 0 atom stereocenters. The Balaban J connectivity index is 1.91. The lowest BCUT2D eigenvalue weighted by Crippen LogP contribution is -2.15. The fourth-order valence-corrected chi connectivity index (χ4v) is 2.68. The summed E-state index contributed by atoms with van der Waals surface area (Å²) < 4.78 is 0. The molecule has 0 bridgehead atoms. The molecular weight excluding hydrogens is 198 g/mol. The summed E-state index contributed by atoms with van der Waals surface area (Å²) in [6, 6.07) is 0. The van der Waals surface area contributed by atoms with Gasteiger partial charge in [-0.2, -0.15) is 0 Å². The Labute approximate surface area is 97.5 Å². The molecule has 0 unspecified atom stereocenters. The molecule has 1 saturated carbocycles. The van der Waals surface area contributed by atoms with Gasteiger partial charge in [0, 0.05) is 5.92 Å². The van der Waals surface area contributed by atoms with E-state index in [4.69, 9.17) is 5.73 Å². The number of rotatable bonds is 3. The van der Waals surface area contributed by atoms with Crippen LogP contribution in [-0.2, 0) is 0 Å². The highest BCUT2D eigenvalue weighted by molar-refractivity contribution is 5.30. The highest BCUT2D eigenvalue weighted by atomic mass is 14.9. The van der Waals surface area contributed by atoms with Crippen molar-refractivity contribution in [3.63, 3.8) is 0 Å². The lowest BCUT2D eigenvalue weighted by molar-refractivity contribution is 0.302. The second-order valence-corrected chi connectivity index (χ2v) is 4.88. The fourth-order valence-electron chi connectivity index (χ4n) is 2.68. The summed E-state index contributed by atoms with van der Waals surface area (Å²) >= 11 is 0. The average molecular weight is 219 g/mol. The van der Waals surface area contributed by atoms with Gasteiger partial charge in [-0.25, -0.2) is 9.97 Å². The summed E-state index contributed by atoms with van der Waals surface area (Å²) in [6.07, 6.45) is 11.3. The van der Waals surface area contributed by atoms with Gasteiger partial charge in [0.05, 0.1) is 18.1 Å². The van der Waals surface area contributed by atoms with Crippen LogP contribution in [0.1, 0.15) is 57.2 Å². The maximum atomic E-state index is 5.59. The number of anilines is 1. The van der Waals surface area contributed by atoms with E-state index in [2.05, 4.69) is 16.9 Å². The van der Waals surface area contributed by atoms with Gasteiger partial charge >= 0.3 is 0 Å². The summed E-state index contributed by atoms with van der Waals surface area (Å²) in [5.41, 5.74) is 6.25. The summed E-state index contributed by atoms with van der Waals surface area (Å²) in [5.74, 6) is 2.49. The van der Waals surface area contributed by atoms with Crippen molar-refractivity contribution in [2.45, 2.75) is 51.4 Å². The third-order valence-electron chi connectivity index (χ3n) is 3.60. The van der Waals surface area contributed by atoms with Gasteiger partial charge in [0.25, 0.3) is 0 Å². The molecule has 3 nitrogen and oxygen atoms in total. The number of nitrogens with two attached hydrogens (primary N) is 1. The van der Waals surface area contributed by atoms with E-state index < -0.39 is 0 Å². The van der Waals surface area contributed by atoms with Crippen molar-refractivity contribution in [1.29, 1.82) is 0 Å². The zero-order valence-electron chi connectivity index (χ0n) is 10.0. The highest BCUT2D eigenvalue weighted by Crippen LogP contribution is 2.35. The van der Waals surface area contributed by atoms with Gasteiger partial charge in [-0.15, -0.1) is 0 Å². The van der Waals surface area contributed by atoms with Crippen molar-refractivity contribution in [2.24, 2.45) is 5.92 Å². The largest absolute Gasteiger partial charge is 0.396 e. The predicted octanol–water partition coefficient (Wildman–Crippen LogP) is 3.13. The monoisotopic (exact) mass is 219 g/mol. The molecule has 1 aliphatic carbocycles. The minimum absolute atomic E-state index is 0.564. The second kappa shape index (κ2) is 5.28. The van der Waals surface area contributed by atoms with Gasteiger partial charge in [-0.05, 0) is 31.6 Å². The van der Waals surface area contributed by atoms with Crippen LogP contribution in [0.3, 0.4) is 0 Å². The van der Waals surface area contributed by atoms with Crippen LogP contribution in [0.4, 0.5) is 5.69 Å². The van der Waals surface area contributed by atoms with E-state index in [1.165, 1.54) is 38.5 Å². The maximum Gasteiger partial charge on any atom is 0.131 e. The Morgan fingerprint density at radius 1 is 1.19 bits per heavy atom. The quantitative estimate of drug-likeness (QED) is 0.849. The average Bonchev–Trinajstić information content (AvgIpc) is 2.32. The molecule has 0 amide bonds. The van der Waals surface area contributed by atoms with E-state index in [1.807, 2.05) is 0 Å². The SMILES string of the molecule is CCCC1CCC(c2ncc(N)cn2)CC1. The molecule has 88 valence electrons. The van der Waals surface area contributed by atoms with E-state index in [0.29, 0.717) is 11.6 Å². The second-order valence-electron chi connectivity index (χ2n) is 4.88. The summed E-state index contributed by atoms with van der Waals surface area (Å²) in [7, 11) is 0. The molecular formula is C13H21N3. The van der Waals surface area contributed by atoms with Crippen LogP contribution in [0, 0.1) is 5.92 Å².